The standard InChI is InChI=1S/C14H18N2O3/c1-4-19-13(17)6-5-12-9(2)7-11(8-10(12)3)14(15)16-18/h5-8,18H,4H2,1-3H3,(H2,15,16)/b6-5+. The van der Waals surface area contributed by atoms with Crippen molar-refractivity contribution in [2.24, 2.45) is 10.9 Å². The molecule has 0 unspecified atom stereocenters. The summed E-state index contributed by atoms with van der Waals surface area (Å²) in [5.74, 6) is -0.311. The van der Waals surface area contributed by atoms with Crippen LogP contribution in [0.5, 0.6) is 0 Å². The van der Waals surface area contributed by atoms with Gasteiger partial charge in [0.25, 0.3) is 0 Å². The molecule has 0 saturated heterocycles. The highest BCUT2D eigenvalue weighted by atomic mass is 16.5. The molecule has 1 aromatic rings. The number of carbonyl (C=O) groups excluding carboxylic acids is 1. The highest BCUT2D eigenvalue weighted by Crippen LogP contribution is 2.18. The molecular weight excluding hydrogens is 244 g/mol. The van der Waals surface area contributed by atoms with E-state index in [1.54, 1.807) is 25.1 Å². The van der Waals surface area contributed by atoms with Crippen molar-refractivity contribution in [3.63, 3.8) is 0 Å². The second kappa shape index (κ2) is 6.58. The summed E-state index contributed by atoms with van der Waals surface area (Å²) in [4.78, 5) is 11.3. The molecule has 19 heavy (non-hydrogen) atoms. The summed E-state index contributed by atoms with van der Waals surface area (Å²) in [6, 6.07) is 3.60. The number of hydrogen-bond acceptors (Lipinski definition) is 4. The fourth-order valence-electron chi connectivity index (χ4n) is 1.78. The summed E-state index contributed by atoms with van der Waals surface area (Å²) in [5, 5.41) is 11.6. The normalized spacial score (nSPS) is 11.8. The molecule has 0 radical (unpaired) electrons. The van der Waals surface area contributed by atoms with Crippen LogP contribution < -0.4 is 5.73 Å². The van der Waals surface area contributed by atoms with Crippen molar-refractivity contribution in [2.75, 3.05) is 6.61 Å². The maximum Gasteiger partial charge on any atom is 0.330 e. The van der Waals surface area contributed by atoms with Gasteiger partial charge in [-0.25, -0.2) is 4.79 Å². The minimum Gasteiger partial charge on any atom is -0.463 e. The lowest BCUT2D eigenvalue weighted by Crippen LogP contribution is -2.13. The van der Waals surface area contributed by atoms with E-state index in [-0.39, 0.29) is 11.8 Å². The second-order valence-electron chi connectivity index (χ2n) is 4.09. The third kappa shape index (κ3) is 3.84. The largest absolute Gasteiger partial charge is 0.463 e. The monoisotopic (exact) mass is 262 g/mol. The Hall–Kier alpha value is -2.30. The van der Waals surface area contributed by atoms with Crippen LogP contribution in [-0.2, 0) is 9.53 Å². The zero-order valence-corrected chi connectivity index (χ0v) is 11.3. The van der Waals surface area contributed by atoms with E-state index in [1.165, 1.54) is 6.08 Å². The Kier molecular flexibility index (Phi) is 5.11. The second-order valence-corrected chi connectivity index (χ2v) is 4.09. The van der Waals surface area contributed by atoms with E-state index < -0.39 is 0 Å². The molecule has 0 aliphatic rings. The molecule has 0 spiro atoms. The van der Waals surface area contributed by atoms with Crippen molar-refractivity contribution in [1.29, 1.82) is 0 Å². The molecule has 0 aliphatic heterocycles. The highest BCUT2D eigenvalue weighted by Gasteiger charge is 2.06. The van der Waals surface area contributed by atoms with Gasteiger partial charge in [-0.3, -0.25) is 0 Å². The summed E-state index contributed by atoms with van der Waals surface area (Å²) < 4.78 is 4.82. The number of rotatable bonds is 4. The Labute approximate surface area is 112 Å². The minimum absolute atomic E-state index is 0.0622. The van der Waals surface area contributed by atoms with Crippen LogP contribution in [-0.4, -0.2) is 23.6 Å². The third-order valence-electron chi connectivity index (χ3n) is 2.67. The molecule has 0 saturated carbocycles. The number of carbonyl (C=O) groups is 1. The first kappa shape index (κ1) is 14.8. The van der Waals surface area contributed by atoms with Gasteiger partial charge in [-0.1, -0.05) is 5.16 Å². The molecule has 102 valence electrons. The number of ether oxygens (including phenoxy) is 1. The zero-order valence-electron chi connectivity index (χ0n) is 11.3. The molecule has 1 aromatic carbocycles. The van der Waals surface area contributed by atoms with E-state index >= 15 is 0 Å². The predicted molar refractivity (Wildman–Crippen MR) is 74.1 cm³/mol. The molecule has 0 atom stereocenters. The minimum atomic E-state index is -0.373. The van der Waals surface area contributed by atoms with E-state index in [4.69, 9.17) is 15.7 Å². The molecule has 0 bridgehead atoms. The average Bonchev–Trinajstić information content (AvgIpc) is 2.36. The SMILES string of the molecule is CCOC(=O)/C=C/c1c(C)cc(/C(N)=N\O)cc1C. The highest BCUT2D eigenvalue weighted by molar-refractivity contribution is 5.98. The summed E-state index contributed by atoms with van der Waals surface area (Å²) in [6.45, 7) is 5.90. The molecule has 3 N–H and O–H groups in total. The predicted octanol–water partition coefficient (Wildman–Crippen LogP) is 1.97. The van der Waals surface area contributed by atoms with Crippen molar-refractivity contribution >= 4 is 17.9 Å². The van der Waals surface area contributed by atoms with Crippen LogP contribution in [0.2, 0.25) is 0 Å². The summed E-state index contributed by atoms with van der Waals surface area (Å²) >= 11 is 0. The van der Waals surface area contributed by atoms with Gasteiger partial charge in [0, 0.05) is 11.6 Å². The molecule has 0 aromatic heterocycles. The van der Waals surface area contributed by atoms with Crippen LogP contribution in [0.3, 0.4) is 0 Å². The molecule has 0 heterocycles. The molecule has 5 heteroatoms. The van der Waals surface area contributed by atoms with Crippen LogP contribution in [0.25, 0.3) is 6.08 Å². The number of amidine groups is 1. The fraction of sp³-hybridized carbons (Fsp3) is 0.286. The van der Waals surface area contributed by atoms with E-state index in [2.05, 4.69) is 5.16 Å². The van der Waals surface area contributed by atoms with Crippen molar-refractivity contribution in [1.82, 2.24) is 0 Å². The lowest BCUT2D eigenvalue weighted by atomic mass is 9.98. The van der Waals surface area contributed by atoms with E-state index in [9.17, 15) is 4.79 Å². The first-order valence-electron chi connectivity index (χ1n) is 5.93. The Morgan fingerprint density at radius 1 is 1.42 bits per heavy atom. The van der Waals surface area contributed by atoms with Gasteiger partial charge < -0.3 is 15.7 Å². The smallest absolute Gasteiger partial charge is 0.330 e. The third-order valence-corrected chi connectivity index (χ3v) is 2.67. The Bertz CT molecular complexity index is 510. The van der Waals surface area contributed by atoms with Crippen LogP contribution in [0, 0.1) is 13.8 Å². The molecule has 1 rings (SSSR count). The van der Waals surface area contributed by atoms with Gasteiger partial charge >= 0.3 is 5.97 Å². The lowest BCUT2D eigenvalue weighted by molar-refractivity contribution is -0.137. The quantitative estimate of drug-likeness (QED) is 0.217. The lowest BCUT2D eigenvalue weighted by Gasteiger charge is -2.08. The molecule has 0 aliphatic carbocycles. The Morgan fingerprint density at radius 3 is 2.47 bits per heavy atom. The topological polar surface area (TPSA) is 84.9 Å². The zero-order chi connectivity index (χ0) is 14.4. The molecular formula is C14H18N2O3. The van der Waals surface area contributed by atoms with Gasteiger partial charge in [-0.15, -0.1) is 0 Å². The number of nitrogens with zero attached hydrogens (tertiary/aromatic N) is 1. The Morgan fingerprint density at radius 2 is 2.00 bits per heavy atom. The Balaban J connectivity index is 3.08. The van der Waals surface area contributed by atoms with Crippen molar-refractivity contribution in [3.8, 4) is 0 Å². The number of esters is 1. The summed E-state index contributed by atoms with van der Waals surface area (Å²) in [6.07, 6.45) is 3.10. The van der Waals surface area contributed by atoms with E-state index in [1.807, 2.05) is 13.8 Å². The number of aryl methyl sites for hydroxylation is 2. The van der Waals surface area contributed by atoms with Crippen LogP contribution in [0.4, 0.5) is 0 Å². The molecule has 0 amide bonds. The van der Waals surface area contributed by atoms with Crippen molar-refractivity contribution in [3.05, 3.63) is 40.5 Å². The van der Waals surface area contributed by atoms with Gasteiger partial charge in [-0.2, -0.15) is 0 Å². The fourth-order valence-corrected chi connectivity index (χ4v) is 1.78. The van der Waals surface area contributed by atoms with Crippen molar-refractivity contribution < 1.29 is 14.7 Å². The number of hydrogen-bond donors (Lipinski definition) is 2. The summed E-state index contributed by atoms with van der Waals surface area (Å²) in [5.41, 5.74) is 8.98. The first-order valence-corrected chi connectivity index (χ1v) is 5.93. The van der Waals surface area contributed by atoms with Crippen molar-refractivity contribution in [2.45, 2.75) is 20.8 Å². The first-order chi connectivity index (χ1) is 8.99. The maximum atomic E-state index is 11.3. The maximum absolute atomic E-state index is 11.3. The van der Waals surface area contributed by atoms with Crippen LogP contribution >= 0.6 is 0 Å². The van der Waals surface area contributed by atoms with E-state index in [0.717, 1.165) is 16.7 Å². The number of oxime groups is 1. The van der Waals surface area contributed by atoms with Gasteiger partial charge in [-0.05, 0) is 55.7 Å². The number of nitrogens with two attached hydrogens (primary N) is 1. The van der Waals surface area contributed by atoms with E-state index in [0.29, 0.717) is 12.2 Å². The van der Waals surface area contributed by atoms with Crippen LogP contribution in [0.15, 0.2) is 23.4 Å². The van der Waals surface area contributed by atoms with Crippen LogP contribution in [0.1, 0.15) is 29.2 Å². The number of benzene rings is 1. The molecule has 5 nitrogen and oxygen atoms in total. The molecule has 0 fully saturated rings. The van der Waals surface area contributed by atoms with Gasteiger partial charge in [0.1, 0.15) is 0 Å². The summed E-state index contributed by atoms with van der Waals surface area (Å²) in [7, 11) is 0. The van der Waals surface area contributed by atoms with Gasteiger partial charge in [0.15, 0.2) is 5.84 Å². The average molecular weight is 262 g/mol. The van der Waals surface area contributed by atoms with Gasteiger partial charge in [0.2, 0.25) is 0 Å². The van der Waals surface area contributed by atoms with Gasteiger partial charge in [0.05, 0.1) is 6.61 Å².